The van der Waals surface area contributed by atoms with E-state index >= 15 is 0 Å². The van der Waals surface area contributed by atoms with Gasteiger partial charge < -0.3 is 0 Å². The van der Waals surface area contributed by atoms with E-state index in [2.05, 4.69) is 162 Å². The average molecular weight is 709 g/mol. The van der Waals surface area contributed by atoms with Crippen LogP contribution < -0.4 is 14.3 Å². The van der Waals surface area contributed by atoms with Crippen molar-refractivity contribution in [1.29, 1.82) is 0 Å². The molecule has 264 valence electrons. The van der Waals surface area contributed by atoms with Crippen LogP contribution in [0, 0.1) is 5.92 Å². The van der Waals surface area contributed by atoms with Crippen LogP contribution in [0.3, 0.4) is 0 Å². The molecule has 53 heavy (non-hydrogen) atoms. The Morgan fingerprint density at radius 3 is 2.06 bits per heavy atom. The second-order valence-electron chi connectivity index (χ2n) is 16.9. The van der Waals surface area contributed by atoms with E-state index < -0.39 is 8.07 Å². The van der Waals surface area contributed by atoms with E-state index in [0.717, 1.165) is 30.9 Å². The fraction of sp³-hybridized carbons (Fsp3) is 0.280. The van der Waals surface area contributed by atoms with Crippen molar-refractivity contribution in [2.45, 2.75) is 83.0 Å². The number of fused-ring (bicyclic) bond motifs is 9. The lowest BCUT2D eigenvalue weighted by atomic mass is 9.77. The Labute approximate surface area is 317 Å². The zero-order valence-corrected chi connectivity index (χ0v) is 32.7. The van der Waals surface area contributed by atoms with E-state index in [0.29, 0.717) is 5.92 Å². The Hall–Kier alpha value is -4.86. The molecule has 9 rings (SSSR count). The Balaban J connectivity index is 1.27. The van der Waals surface area contributed by atoms with E-state index in [-0.39, 0.29) is 6.04 Å². The van der Waals surface area contributed by atoms with Crippen LogP contribution in [0.25, 0.3) is 50.5 Å². The van der Waals surface area contributed by atoms with Gasteiger partial charge in [0.15, 0.2) is 24.1 Å². The second-order valence-corrected chi connectivity index (χ2v) is 22.0. The van der Waals surface area contributed by atoms with Crippen molar-refractivity contribution in [1.82, 2.24) is 0 Å². The van der Waals surface area contributed by atoms with Gasteiger partial charge >= 0.3 is 0 Å². The molecule has 4 heterocycles. The van der Waals surface area contributed by atoms with Crippen LogP contribution in [-0.2, 0) is 12.8 Å². The number of aryl methyl sites for hydroxylation is 1. The monoisotopic (exact) mass is 708 g/mol. The number of aromatic nitrogens is 2. The number of rotatable bonds is 5. The largest absolute Gasteiger partial charge is 0.226 e. The van der Waals surface area contributed by atoms with Crippen molar-refractivity contribution in [3.05, 3.63) is 157 Å². The highest BCUT2D eigenvalue weighted by Gasteiger charge is 2.44. The molecule has 0 radical (unpaired) electrons. The van der Waals surface area contributed by atoms with E-state index in [1.54, 1.807) is 10.8 Å². The molecule has 3 aliphatic rings. The van der Waals surface area contributed by atoms with Crippen LogP contribution >= 0.6 is 0 Å². The smallest absolute Gasteiger partial charge is 0.194 e. The molecule has 4 aromatic carbocycles. The van der Waals surface area contributed by atoms with Gasteiger partial charge in [-0.2, -0.15) is 9.13 Å². The molecule has 2 nitrogen and oxygen atoms in total. The fourth-order valence-electron chi connectivity index (χ4n) is 9.88. The van der Waals surface area contributed by atoms with Crippen molar-refractivity contribution in [2.24, 2.45) is 5.92 Å². The Bertz CT molecular complexity index is 2310. The molecule has 0 spiro atoms. The van der Waals surface area contributed by atoms with Gasteiger partial charge in [0.25, 0.3) is 0 Å². The van der Waals surface area contributed by atoms with Crippen molar-refractivity contribution in [3.8, 4) is 44.8 Å². The van der Waals surface area contributed by atoms with Crippen molar-refractivity contribution in [2.75, 3.05) is 0 Å². The van der Waals surface area contributed by atoms with Gasteiger partial charge in [0.2, 0.25) is 11.4 Å². The van der Waals surface area contributed by atoms with Gasteiger partial charge in [0.1, 0.15) is 0 Å². The highest BCUT2D eigenvalue weighted by Crippen LogP contribution is 2.45. The lowest BCUT2D eigenvalue weighted by Crippen LogP contribution is -2.54. The maximum Gasteiger partial charge on any atom is 0.226 e. The minimum absolute atomic E-state index is 0.259. The summed E-state index contributed by atoms with van der Waals surface area (Å²) in [6, 6.07) is 45.6. The number of hydrogen-bond donors (Lipinski definition) is 0. The summed E-state index contributed by atoms with van der Waals surface area (Å²) in [5.74, 6) is 1.19. The molecule has 2 aromatic heterocycles. The van der Waals surface area contributed by atoms with E-state index in [9.17, 15) is 0 Å². The number of allylic oxidation sites excluding steroid dienone is 1. The van der Waals surface area contributed by atoms with Gasteiger partial charge in [-0.05, 0) is 77.8 Å². The molecule has 0 saturated heterocycles. The normalized spacial score (nSPS) is 18.4. The van der Waals surface area contributed by atoms with Crippen LogP contribution in [0.15, 0.2) is 140 Å². The summed E-state index contributed by atoms with van der Waals surface area (Å²) >= 11 is 0. The van der Waals surface area contributed by atoms with Gasteiger partial charge in [-0.1, -0.05) is 142 Å². The summed E-state index contributed by atoms with van der Waals surface area (Å²) < 4.78 is 5.21. The quantitative estimate of drug-likeness (QED) is 0.124. The molecule has 1 fully saturated rings. The molecular weight excluding hydrogens is 657 g/mol. The summed E-state index contributed by atoms with van der Waals surface area (Å²) in [6.07, 6.45) is 14.8. The van der Waals surface area contributed by atoms with Gasteiger partial charge in [-0.15, -0.1) is 0 Å². The van der Waals surface area contributed by atoms with E-state index in [1.807, 2.05) is 0 Å². The first-order chi connectivity index (χ1) is 25.8. The Morgan fingerprint density at radius 2 is 1.32 bits per heavy atom. The predicted octanol–water partition coefficient (Wildman–Crippen LogP) is 11.4. The van der Waals surface area contributed by atoms with Gasteiger partial charge in [-0.3, -0.25) is 0 Å². The minimum Gasteiger partial charge on any atom is -0.194 e. The van der Waals surface area contributed by atoms with E-state index in [4.69, 9.17) is 6.58 Å². The van der Waals surface area contributed by atoms with Crippen LogP contribution in [0.1, 0.15) is 67.2 Å². The fourth-order valence-corrected chi connectivity index (χ4v) is 11.5. The first kappa shape index (κ1) is 33.9. The van der Waals surface area contributed by atoms with Crippen LogP contribution in [0.5, 0.6) is 0 Å². The summed E-state index contributed by atoms with van der Waals surface area (Å²) in [5, 5.41) is 1.64. The van der Waals surface area contributed by atoms with Crippen LogP contribution in [-0.4, -0.2) is 8.07 Å². The first-order valence-corrected chi connectivity index (χ1v) is 23.5. The third-order valence-corrected chi connectivity index (χ3v) is 14.6. The molecule has 3 heteroatoms. The highest BCUT2D eigenvalue weighted by molar-refractivity contribution is 6.89. The lowest BCUT2D eigenvalue weighted by molar-refractivity contribution is -0.719. The molecule has 6 aromatic rings. The summed E-state index contributed by atoms with van der Waals surface area (Å²) in [4.78, 5) is 0. The molecule has 2 unspecified atom stereocenters. The van der Waals surface area contributed by atoms with Crippen molar-refractivity contribution in [3.63, 3.8) is 0 Å². The molecule has 0 N–H and O–H groups in total. The van der Waals surface area contributed by atoms with E-state index in [1.165, 1.54) is 88.0 Å². The zero-order valence-electron chi connectivity index (χ0n) is 31.7. The summed E-state index contributed by atoms with van der Waals surface area (Å²) in [5.41, 5.74) is 15.9. The third-order valence-electron chi connectivity index (χ3n) is 12.5. The lowest BCUT2D eigenvalue weighted by Gasteiger charge is -2.33. The Kier molecular flexibility index (Phi) is 8.86. The molecule has 1 aliphatic carbocycles. The van der Waals surface area contributed by atoms with Crippen molar-refractivity contribution < 1.29 is 9.13 Å². The summed E-state index contributed by atoms with van der Waals surface area (Å²) in [6.45, 7) is 12.7. The molecule has 0 bridgehead atoms. The van der Waals surface area contributed by atoms with Gasteiger partial charge in [0.05, 0.1) is 25.6 Å². The molecule has 2 atom stereocenters. The van der Waals surface area contributed by atoms with Gasteiger partial charge in [0, 0.05) is 28.3 Å². The van der Waals surface area contributed by atoms with Crippen molar-refractivity contribution >= 4 is 19.0 Å². The Morgan fingerprint density at radius 1 is 0.660 bits per heavy atom. The molecule has 2 aliphatic heterocycles. The molecule has 1 saturated carbocycles. The maximum atomic E-state index is 5.01. The average Bonchev–Trinajstić information content (AvgIpc) is 3.70. The second kappa shape index (κ2) is 13.8. The zero-order chi connectivity index (χ0) is 36.1. The number of nitrogens with zero attached hydrogens (tertiary/aromatic N) is 2. The number of pyridine rings is 2. The number of hydrogen-bond acceptors (Lipinski definition) is 0. The third kappa shape index (κ3) is 6.33. The van der Waals surface area contributed by atoms with Gasteiger partial charge in [-0.25, -0.2) is 0 Å². The molecular formula is C50H52N2Si+2. The van der Waals surface area contributed by atoms with Crippen LogP contribution in [0.4, 0.5) is 0 Å². The SMILES string of the molecule is C=C1CC2C(CCc3ccccc3-c3c(-c4ccccc4)cc(-c4ccccc4)c[n+]31)c1ccccc1-c1cc(CC3CCCC3)c([Si](C)(C)C)c[n+]12. The predicted molar refractivity (Wildman–Crippen MR) is 224 cm³/mol. The highest BCUT2D eigenvalue weighted by atomic mass is 28.3. The minimum atomic E-state index is -1.66. The summed E-state index contributed by atoms with van der Waals surface area (Å²) in [7, 11) is -1.66. The maximum absolute atomic E-state index is 5.01. The van der Waals surface area contributed by atoms with Crippen LogP contribution in [0.2, 0.25) is 19.6 Å². The number of benzene rings is 4. The standard InChI is InChI=1S/C50H52N2Si/c1-35-29-47-45(43-25-15-16-26-44(43)48-32-40(30-36-17-11-12-18-36)49(34-52(47)48)53(2,3)4)28-27-39-23-13-14-24-42(39)50-46(38-21-9-6-10-22-38)31-41(33-51(35)50)37-19-7-5-8-20-37/h5-10,13-16,19-26,31-34,36,45,47H,1,11-12,17-18,27-30H2,2-4H3/q+2. The first-order valence-electron chi connectivity index (χ1n) is 20.0. The molecule has 0 amide bonds. The topological polar surface area (TPSA) is 7.76 Å².